The van der Waals surface area contributed by atoms with Gasteiger partial charge in [0.25, 0.3) is 0 Å². The third-order valence-corrected chi connectivity index (χ3v) is 7.45. The van der Waals surface area contributed by atoms with Gasteiger partial charge >= 0.3 is 0 Å². The van der Waals surface area contributed by atoms with Gasteiger partial charge in [0.05, 0.1) is 18.5 Å². The van der Waals surface area contributed by atoms with Crippen LogP contribution in [0.5, 0.6) is 0 Å². The molecule has 110 valence electrons. The normalized spacial score (nSPS) is 9.79. The summed E-state index contributed by atoms with van der Waals surface area (Å²) in [6.45, 7) is 9.59. The van der Waals surface area contributed by atoms with Crippen LogP contribution < -0.4 is 5.32 Å². The first kappa shape index (κ1) is 20.5. The molecular weight excluding hydrogens is 253 g/mol. The zero-order valence-electron chi connectivity index (χ0n) is 13.2. The summed E-state index contributed by atoms with van der Waals surface area (Å²) < 4.78 is 0. The van der Waals surface area contributed by atoms with Crippen LogP contribution in [0.15, 0.2) is 0 Å². The van der Waals surface area contributed by atoms with Crippen LogP contribution in [0.25, 0.3) is 0 Å². The Hall–Kier alpha value is -0.790. The van der Waals surface area contributed by atoms with E-state index in [1.807, 2.05) is 0 Å². The van der Waals surface area contributed by atoms with Gasteiger partial charge in [-0.25, -0.2) is 5.32 Å². The molecule has 0 saturated heterocycles. The van der Waals surface area contributed by atoms with Crippen LogP contribution in [0.4, 0.5) is 0 Å². The Morgan fingerprint density at radius 1 is 0.789 bits per heavy atom. The lowest BCUT2D eigenvalue weighted by atomic mass is 10.4. The average Bonchev–Trinajstić information content (AvgIpc) is 2.42. The Balaban J connectivity index is 0. The van der Waals surface area contributed by atoms with Gasteiger partial charge < -0.3 is 0 Å². The molecule has 0 unspecified atom stereocenters. The van der Waals surface area contributed by atoms with Crippen LogP contribution in [0.3, 0.4) is 0 Å². The van der Waals surface area contributed by atoms with E-state index < -0.39 is 7.26 Å². The number of rotatable bonds is 9. The largest absolute Gasteiger partial charge is 0.229 e. The Bertz CT molecular complexity index is 232. The number of nitriles is 2. The maximum absolute atomic E-state index is 7.48. The first-order valence-electron chi connectivity index (χ1n) is 7.46. The minimum absolute atomic E-state index is 0.519. The van der Waals surface area contributed by atoms with Crippen molar-refractivity contribution >= 4 is 7.26 Å². The molecule has 19 heavy (non-hydrogen) atoms. The summed E-state index contributed by atoms with van der Waals surface area (Å²) in [5.41, 5.74) is 0. The molecule has 0 radical (unpaired) electrons. The zero-order valence-corrected chi connectivity index (χ0v) is 14.1. The highest BCUT2D eigenvalue weighted by molar-refractivity contribution is 7.75. The molecule has 0 aliphatic rings. The van der Waals surface area contributed by atoms with Gasteiger partial charge in [0.15, 0.2) is 12.4 Å². The molecule has 0 aromatic heterocycles. The lowest BCUT2D eigenvalue weighted by molar-refractivity contribution is 0.838. The molecule has 0 aliphatic heterocycles. The van der Waals surface area contributed by atoms with Crippen molar-refractivity contribution < 1.29 is 0 Å². The lowest BCUT2D eigenvalue weighted by Crippen LogP contribution is -2.07. The number of hydrogen-bond donors (Lipinski definition) is 1. The predicted molar refractivity (Wildman–Crippen MR) is 86.5 cm³/mol. The van der Waals surface area contributed by atoms with Gasteiger partial charge in [-0.1, -0.05) is 40.0 Å². The van der Waals surface area contributed by atoms with Crippen molar-refractivity contribution in [3.05, 3.63) is 0 Å². The van der Waals surface area contributed by atoms with Gasteiger partial charge in [0.2, 0.25) is 0 Å². The van der Waals surface area contributed by atoms with Crippen LogP contribution in [0, 0.1) is 22.9 Å². The van der Waals surface area contributed by atoms with E-state index in [1.165, 1.54) is 50.9 Å². The van der Waals surface area contributed by atoms with E-state index >= 15 is 0 Å². The van der Waals surface area contributed by atoms with Crippen molar-refractivity contribution in [1.82, 2.24) is 5.32 Å². The van der Waals surface area contributed by atoms with Crippen LogP contribution in [0.2, 0.25) is 0 Å². The van der Waals surface area contributed by atoms with E-state index in [0.717, 1.165) is 0 Å². The van der Waals surface area contributed by atoms with Crippen molar-refractivity contribution in [3.63, 3.8) is 0 Å². The second-order valence-corrected chi connectivity index (χ2v) is 9.78. The summed E-state index contributed by atoms with van der Waals surface area (Å²) in [5.74, 6) is 0. The summed E-state index contributed by atoms with van der Waals surface area (Å²) in [6.07, 6.45) is 16.0. The van der Waals surface area contributed by atoms with Gasteiger partial charge in [-0.15, -0.1) is 0 Å². The highest BCUT2D eigenvalue weighted by atomic mass is 31.2. The maximum Gasteiger partial charge on any atom is 0.190 e. The molecule has 0 aliphatic carbocycles. The molecule has 0 atom stereocenters. The molecule has 0 rings (SSSR count). The molecule has 0 aromatic rings. The molecule has 0 aromatic carbocycles. The lowest BCUT2D eigenvalue weighted by Gasteiger charge is -2.22. The van der Waals surface area contributed by atoms with Crippen LogP contribution in [0.1, 0.15) is 59.3 Å². The van der Waals surface area contributed by atoms with Crippen molar-refractivity contribution in [3.8, 4) is 12.4 Å². The Morgan fingerprint density at radius 2 is 1.11 bits per heavy atom. The standard InChI is InChI=1S/C13H30P.C2HN3/c1-5-8-11-14(4,12-9-6-2)13-10-7-3;3-1-5-2-4/h5-13H2,1-4H3;5H/q+1;. The van der Waals surface area contributed by atoms with Crippen molar-refractivity contribution in [1.29, 1.82) is 10.5 Å². The first-order chi connectivity index (χ1) is 9.10. The maximum atomic E-state index is 7.48. The zero-order chi connectivity index (χ0) is 15.0. The number of unbranched alkanes of at least 4 members (excludes halogenated alkanes) is 3. The fourth-order valence-corrected chi connectivity index (χ4v) is 5.89. The molecule has 0 saturated carbocycles. The number of nitrogens with zero attached hydrogens (tertiary/aromatic N) is 2. The first-order valence-corrected chi connectivity index (χ1v) is 10.3. The van der Waals surface area contributed by atoms with E-state index in [-0.39, 0.29) is 0 Å². The van der Waals surface area contributed by atoms with Gasteiger partial charge in [-0.2, -0.15) is 10.5 Å². The fraction of sp³-hybridized carbons (Fsp3) is 0.867. The van der Waals surface area contributed by atoms with E-state index in [2.05, 4.69) is 27.4 Å². The quantitative estimate of drug-likeness (QED) is 0.383. The molecule has 0 amide bonds. The van der Waals surface area contributed by atoms with Gasteiger partial charge in [0, 0.05) is 13.9 Å². The smallest absolute Gasteiger partial charge is 0.190 e. The Kier molecular flexibility index (Phi) is 16.5. The summed E-state index contributed by atoms with van der Waals surface area (Å²) >= 11 is 0. The molecule has 0 spiro atoms. The monoisotopic (exact) mass is 284 g/mol. The molecule has 3 nitrogen and oxygen atoms in total. The summed E-state index contributed by atoms with van der Waals surface area (Å²) in [7, 11) is -0.519. The minimum Gasteiger partial charge on any atom is -0.229 e. The SMILES string of the molecule is CCCC[P+](C)(CCCC)CCCC.N#CNC#N. The Morgan fingerprint density at radius 3 is 1.26 bits per heavy atom. The second kappa shape index (κ2) is 15.3. The van der Waals surface area contributed by atoms with E-state index in [1.54, 1.807) is 23.8 Å². The van der Waals surface area contributed by atoms with Gasteiger partial charge in [-0.05, 0) is 19.3 Å². The van der Waals surface area contributed by atoms with Crippen molar-refractivity contribution in [2.45, 2.75) is 59.3 Å². The van der Waals surface area contributed by atoms with Crippen molar-refractivity contribution in [2.75, 3.05) is 25.2 Å². The Labute approximate surface area is 120 Å². The summed E-state index contributed by atoms with van der Waals surface area (Å²) in [4.78, 5) is 0. The molecule has 0 heterocycles. The topological polar surface area (TPSA) is 59.6 Å². The van der Waals surface area contributed by atoms with Crippen LogP contribution in [-0.2, 0) is 0 Å². The second-order valence-electron chi connectivity index (χ2n) is 5.20. The van der Waals surface area contributed by atoms with E-state index in [9.17, 15) is 0 Å². The van der Waals surface area contributed by atoms with Gasteiger partial charge in [-0.3, -0.25) is 0 Å². The van der Waals surface area contributed by atoms with Crippen molar-refractivity contribution in [2.24, 2.45) is 0 Å². The minimum atomic E-state index is -0.519. The number of hydrogen-bond acceptors (Lipinski definition) is 3. The molecule has 0 bridgehead atoms. The molecule has 4 heteroatoms. The molecule has 1 N–H and O–H groups in total. The van der Waals surface area contributed by atoms with Crippen LogP contribution in [-0.4, -0.2) is 25.2 Å². The average molecular weight is 284 g/mol. The molecule has 0 fully saturated rings. The molecular formula is C15H31N3P+. The third kappa shape index (κ3) is 15.2. The fourth-order valence-electron chi connectivity index (χ4n) is 1.98. The van der Waals surface area contributed by atoms with Crippen LogP contribution >= 0.6 is 7.26 Å². The van der Waals surface area contributed by atoms with Gasteiger partial charge in [0.1, 0.15) is 0 Å². The predicted octanol–water partition coefficient (Wildman–Crippen LogP) is 4.57. The highest BCUT2D eigenvalue weighted by Gasteiger charge is 2.28. The number of nitrogens with one attached hydrogen (secondary N) is 1. The third-order valence-electron chi connectivity index (χ3n) is 3.27. The van der Waals surface area contributed by atoms with E-state index in [0.29, 0.717) is 0 Å². The van der Waals surface area contributed by atoms with E-state index in [4.69, 9.17) is 10.5 Å². The highest BCUT2D eigenvalue weighted by Crippen LogP contribution is 2.57. The summed E-state index contributed by atoms with van der Waals surface area (Å²) in [5, 5.41) is 16.7. The summed E-state index contributed by atoms with van der Waals surface area (Å²) in [6, 6.07) is 0.